The van der Waals surface area contributed by atoms with Crippen molar-refractivity contribution >= 4 is 58.1 Å². The number of hydrogen-bond acceptors (Lipinski definition) is 5. The molecule has 0 unspecified atom stereocenters. The number of aromatic nitrogens is 2. The SMILES string of the molecule is O=C(Nc1nnc(-c2cc(Cl)sc2Cl)o1)c1ccc(Cl)cc1. The molecule has 5 nitrogen and oxygen atoms in total. The summed E-state index contributed by atoms with van der Waals surface area (Å²) in [5.74, 6) is -0.208. The average molecular weight is 375 g/mol. The summed E-state index contributed by atoms with van der Waals surface area (Å²) < 4.78 is 6.30. The fourth-order valence-electron chi connectivity index (χ4n) is 1.64. The third-order valence-electron chi connectivity index (χ3n) is 2.64. The third-order valence-corrected chi connectivity index (χ3v) is 4.38. The molecule has 2 heterocycles. The van der Waals surface area contributed by atoms with E-state index in [2.05, 4.69) is 15.5 Å². The smallest absolute Gasteiger partial charge is 0.322 e. The molecule has 3 aromatic rings. The van der Waals surface area contributed by atoms with Crippen LogP contribution < -0.4 is 5.32 Å². The molecule has 0 bridgehead atoms. The van der Waals surface area contributed by atoms with Crippen LogP contribution in [0.15, 0.2) is 34.7 Å². The van der Waals surface area contributed by atoms with Crippen LogP contribution in [-0.2, 0) is 0 Å². The summed E-state index contributed by atoms with van der Waals surface area (Å²) in [7, 11) is 0. The molecule has 0 radical (unpaired) electrons. The van der Waals surface area contributed by atoms with E-state index in [0.29, 0.717) is 24.8 Å². The van der Waals surface area contributed by atoms with E-state index in [1.165, 1.54) is 11.3 Å². The molecule has 1 aromatic carbocycles. The molecule has 1 amide bonds. The van der Waals surface area contributed by atoms with Gasteiger partial charge in [0, 0.05) is 10.6 Å². The Morgan fingerprint density at radius 3 is 2.50 bits per heavy atom. The zero-order chi connectivity index (χ0) is 15.7. The minimum Gasteiger partial charge on any atom is -0.403 e. The maximum atomic E-state index is 12.0. The molecule has 2 aromatic heterocycles. The fraction of sp³-hybridized carbons (Fsp3) is 0. The summed E-state index contributed by atoms with van der Waals surface area (Å²) in [5, 5.41) is 10.6. The van der Waals surface area contributed by atoms with Gasteiger partial charge in [0.25, 0.3) is 11.8 Å². The van der Waals surface area contributed by atoms with Gasteiger partial charge in [0.2, 0.25) is 0 Å². The van der Waals surface area contributed by atoms with Crippen LogP contribution in [0, 0.1) is 0 Å². The van der Waals surface area contributed by atoms with E-state index in [1.54, 1.807) is 30.3 Å². The Hall–Kier alpha value is -1.60. The Morgan fingerprint density at radius 2 is 1.86 bits per heavy atom. The normalized spacial score (nSPS) is 10.7. The van der Waals surface area contributed by atoms with Crippen molar-refractivity contribution in [3.63, 3.8) is 0 Å². The van der Waals surface area contributed by atoms with Crippen LogP contribution in [0.5, 0.6) is 0 Å². The lowest BCUT2D eigenvalue weighted by molar-refractivity contribution is 0.102. The third kappa shape index (κ3) is 3.25. The molecule has 0 aliphatic rings. The largest absolute Gasteiger partial charge is 0.403 e. The van der Waals surface area contributed by atoms with Gasteiger partial charge in [-0.2, -0.15) is 0 Å². The topological polar surface area (TPSA) is 68.0 Å². The number of anilines is 1. The van der Waals surface area contributed by atoms with Gasteiger partial charge in [0.15, 0.2) is 0 Å². The second-order valence-corrected chi connectivity index (χ2v) is 6.83. The molecule has 0 spiro atoms. The second-order valence-electron chi connectivity index (χ2n) is 4.11. The van der Waals surface area contributed by atoms with Gasteiger partial charge in [0.1, 0.15) is 4.34 Å². The Bertz CT molecular complexity index is 829. The van der Waals surface area contributed by atoms with Crippen molar-refractivity contribution in [3.05, 3.63) is 49.6 Å². The van der Waals surface area contributed by atoms with Crippen LogP contribution in [0.25, 0.3) is 11.5 Å². The van der Waals surface area contributed by atoms with E-state index in [4.69, 9.17) is 39.2 Å². The van der Waals surface area contributed by atoms with Crippen molar-refractivity contribution in [1.29, 1.82) is 0 Å². The highest BCUT2D eigenvalue weighted by Crippen LogP contribution is 2.37. The Balaban J connectivity index is 1.78. The number of amides is 1. The number of benzene rings is 1. The summed E-state index contributed by atoms with van der Waals surface area (Å²) in [4.78, 5) is 12.0. The molecule has 22 heavy (non-hydrogen) atoms. The first kappa shape index (κ1) is 15.3. The Labute approximate surface area is 143 Å². The van der Waals surface area contributed by atoms with Gasteiger partial charge in [-0.15, -0.1) is 16.4 Å². The Kier molecular flexibility index (Phi) is 4.35. The second kappa shape index (κ2) is 6.26. The quantitative estimate of drug-likeness (QED) is 0.699. The minimum absolute atomic E-state index is 0.0339. The highest BCUT2D eigenvalue weighted by molar-refractivity contribution is 7.20. The van der Waals surface area contributed by atoms with E-state index < -0.39 is 0 Å². The molecule has 9 heteroatoms. The van der Waals surface area contributed by atoms with Gasteiger partial charge < -0.3 is 4.42 Å². The minimum atomic E-state index is -0.388. The molecular formula is C13H6Cl3N3O2S. The first-order chi connectivity index (χ1) is 10.5. The Morgan fingerprint density at radius 1 is 1.14 bits per heavy atom. The van der Waals surface area contributed by atoms with Gasteiger partial charge >= 0.3 is 6.01 Å². The number of hydrogen-bond donors (Lipinski definition) is 1. The highest BCUT2D eigenvalue weighted by Gasteiger charge is 2.16. The number of thiophene rings is 1. The molecule has 3 rings (SSSR count). The van der Waals surface area contributed by atoms with E-state index in [-0.39, 0.29) is 17.8 Å². The van der Waals surface area contributed by atoms with Crippen LogP contribution >= 0.6 is 46.1 Å². The molecule has 0 saturated heterocycles. The highest BCUT2D eigenvalue weighted by atomic mass is 35.5. The van der Waals surface area contributed by atoms with Crippen molar-refractivity contribution in [2.24, 2.45) is 0 Å². The first-order valence-corrected chi connectivity index (χ1v) is 7.83. The monoisotopic (exact) mass is 373 g/mol. The van der Waals surface area contributed by atoms with Crippen LogP contribution in [0.2, 0.25) is 13.7 Å². The van der Waals surface area contributed by atoms with Crippen LogP contribution in [0.1, 0.15) is 10.4 Å². The molecule has 1 N–H and O–H groups in total. The zero-order valence-corrected chi connectivity index (χ0v) is 13.7. The number of carbonyl (C=O) groups excluding carboxylic acids is 1. The lowest BCUT2D eigenvalue weighted by atomic mass is 10.2. The summed E-state index contributed by atoms with van der Waals surface area (Å²) in [6.07, 6.45) is 0. The first-order valence-electron chi connectivity index (χ1n) is 5.88. The van der Waals surface area contributed by atoms with E-state index in [9.17, 15) is 4.79 Å². The standard InChI is InChI=1S/C13H6Cl3N3O2S/c14-7-3-1-6(2-4-7)11(20)17-13-19-18-12(21-13)8-5-9(15)22-10(8)16/h1-5H,(H,17,19,20). The zero-order valence-electron chi connectivity index (χ0n) is 10.6. The maximum Gasteiger partial charge on any atom is 0.322 e. The number of rotatable bonds is 3. The summed E-state index contributed by atoms with van der Waals surface area (Å²) in [6, 6.07) is 7.99. The van der Waals surface area contributed by atoms with E-state index in [0.717, 1.165) is 0 Å². The number of nitrogens with zero attached hydrogens (tertiary/aromatic N) is 2. The molecule has 0 atom stereocenters. The molecule has 0 aliphatic heterocycles. The van der Waals surface area contributed by atoms with Gasteiger partial charge in [-0.05, 0) is 30.3 Å². The lowest BCUT2D eigenvalue weighted by Crippen LogP contribution is -2.11. The molecule has 0 fully saturated rings. The van der Waals surface area contributed by atoms with Crippen LogP contribution in [0.4, 0.5) is 6.01 Å². The van der Waals surface area contributed by atoms with Crippen molar-refractivity contribution in [3.8, 4) is 11.5 Å². The fourth-order valence-corrected chi connectivity index (χ4v) is 3.21. The maximum absolute atomic E-state index is 12.0. The van der Waals surface area contributed by atoms with Gasteiger partial charge in [0.05, 0.1) is 9.90 Å². The van der Waals surface area contributed by atoms with Gasteiger partial charge in [-0.1, -0.05) is 39.9 Å². The summed E-state index contributed by atoms with van der Waals surface area (Å²) in [6.45, 7) is 0. The predicted molar refractivity (Wildman–Crippen MR) is 87.0 cm³/mol. The van der Waals surface area contributed by atoms with Crippen molar-refractivity contribution < 1.29 is 9.21 Å². The van der Waals surface area contributed by atoms with E-state index in [1.807, 2.05) is 0 Å². The van der Waals surface area contributed by atoms with Crippen molar-refractivity contribution in [2.45, 2.75) is 0 Å². The van der Waals surface area contributed by atoms with Crippen LogP contribution in [-0.4, -0.2) is 16.1 Å². The van der Waals surface area contributed by atoms with Crippen LogP contribution in [0.3, 0.4) is 0 Å². The average Bonchev–Trinajstić information content (AvgIpc) is 3.06. The van der Waals surface area contributed by atoms with E-state index >= 15 is 0 Å². The lowest BCUT2D eigenvalue weighted by Gasteiger charge is -2.00. The van der Waals surface area contributed by atoms with Crippen molar-refractivity contribution in [1.82, 2.24) is 10.2 Å². The molecular weight excluding hydrogens is 369 g/mol. The van der Waals surface area contributed by atoms with Gasteiger partial charge in [-0.25, -0.2) is 0 Å². The van der Waals surface area contributed by atoms with Crippen molar-refractivity contribution in [2.75, 3.05) is 5.32 Å². The number of halogens is 3. The summed E-state index contributed by atoms with van der Waals surface area (Å²) in [5.41, 5.74) is 0.942. The molecule has 0 aliphatic carbocycles. The molecule has 0 saturated carbocycles. The number of carbonyl (C=O) groups is 1. The predicted octanol–water partition coefficient (Wildman–Crippen LogP) is 5.01. The summed E-state index contributed by atoms with van der Waals surface area (Å²) >= 11 is 18.8. The van der Waals surface area contributed by atoms with Gasteiger partial charge in [-0.3, -0.25) is 10.1 Å². The number of nitrogens with one attached hydrogen (secondary N) is 1. The molecule has 112 valence electrons.